The largest absolute Gasteiger partial charge is 0.501 e. The van der Waals surface area contributed by atoms with Gasteiger partial charge in [-0.25, -0.2) is 4.90 Å². The number of imide groups is 1. The molecular weight excluding hydrogens is 318 g/mol. The minimum atomic E-state index is -0.398. The van der Waals surface area contributed by atoms with E-state index in [1.165, 1.54) is 18.3 Å². The number of amides is 2. The zero-order valence-corrected chi connectivity index (χ0v) is 14.4. The van der Waals surface area contributed by atoms with Crippen LogP contribution in [0.5, 0.6) is 5.75 Å². The summed E-state index contributed by atoms with van der Waals surface area (Å²) >= 11 is 0. The maximum Gasteiger partial charge on any atom is 0.269 e. The van der Waals surface area contributed by atoms with Gasteiger partial charge >= 0.3 is 0 Å². The molecule has 0 unspecified atom stereocenters. The summed E-state index contributed by atoms with van der Waals surface area (Å²) in [6.07, 6.45) is 1.42. The Labute approximate surface area is 146 Å². The first-order valence-electron chi connectivity index (χ1n) is 8.03. The maximum atomic E-state index is 13.0. The van der Waals surface area contributed by atoms with Crippen LogP contribution in [0.25, 0.3) is 5.57 Å². The zero-order chi connectivity index (χ0) is 18.0. The summed E-state index contributed by atoms with van der Waals surface area (Å²) in [5, 5.41) is 0. The Morgan fingerprint density at radius 3 is 2.48 bits per heavy atom. The lowest BCUT2D eigenvalue weighted by molar-refractivity contribution is -0.113. The molecule has 0 aromatic heterocycles. The third-order valence-electron chi connectivity index (χ3n) is 4.11. The van der Waals surface area contributed by atoms with Gasteiger partial charge in [-0.15, -0.1) is 0 Å². The van der Waals surface area contributed by atoms with Crippen LogP contribution >= 0.6 is 0 Å². The first kappa shape index (κ1) is 16.8. The van der Waals surface area contributed by atoms with Gasteiger partial charge < -0.3 is 9.47 Å². The van der Waals surface area contributed by atoms with Crippen molar-refractivity contribution in [2.45, 2.75) is 13.8 Å². The van der Waals surface area contributed by atoms with Crippen LogP contribution in [0.15, 0.2) is 48.7 Å². The SMILES string of the molecule is CCO/C=C1\C(=O)N(c2ccccc2C)C(=O)c2cc(OC)ccc21. The van der Waals surface area contributed by atoms with E-state index in [4.69, 9.17) is 9.47 Å². The Hall–Kier alpha value is -3.08. The first-order valence-corrected chi connectivity index (χ1v) is 8.03. The predicted octanol–water partition coefficient (Wildman–Crippen LogP) is 3.57. The summed E-state index contributed by atoms with van der Waals surface area (Å²) in [4.78, 5) is 27.3. The van der Waals surface area contributed by atoms with Crippen molar-refractivity contribution in [1.82, 2.24) is 0 Å². The van der Waals surface area contributed by atoms with E-state index in [0.717, 1.165) is 5.56 Å². The third kappa shape index (κ3) is 2.89. The number of carbonyl (C=O) groups excluding carboxylic acids is 2. The summed E-state index contributed by atoms with van der Waals surface area (Å²) < 4.78 is 10.6. The molecule has 1 aliphatic heterocycles. The fourth-order valence-corrected chi connectivity index (χ4v) is 2.82. The Morgan fingerprint density at radius 2 is 1.80 bits per heavy atom. The van der Waals surface area contributed by atoms with Crippen molar-refractivity contribution < 1.29 is 19.1 Å². The smallest absolute Gasteiger partial charge is 0.269 e. The lowest BCUT2D eigenvalue weighted by Gasteiger charge is -2.29. The number of benzene rings is 2. The highest BCUT2D eigenvalue weighted by Gasteiger charge is 2.37. The molecule has 5 nitrogen and oxygen atoms in total. The van der Waals surface area contributed by atoms with Crippen molar-refractivity contribution in [3.63, 3.8) is 0 Å². The van der Waals surface area contributed by atoms with E-state index in [2.05, 4.69) is 0 Å². The number of hydrogen-bond donors (Lipinski definition) is 0. The number of anilines is 1. The molecule has 0 fully saturated rings. The molecule has 0 spiro atoms. The van der Waals surface area contributed by atoms with Gasteiger partial charge in [0, 0.05) is 5.56 Å². The lowest BCUT2D eigenvalue weighted by atomic mass is 9.93. The molecule has 1 heterocycles. The van der Waals surface area contributed by atoms with Crippen LogP contribution in [0.3, 0.4) is 0 Å². The average molecular weight is 337 g/mol. The standard InChI is InChI=1S/C20H19NO4/c1-4-25-12-17-15-10-9-14(24-3)11-16(15)19(22)21(20(17)23)18-8-6-5-7-13(18)2/h5-12H,4H2,1-3H3/b17-12-. The van der Waals surface area contributed by atoms with E-state index in [-0.39, 0.29) is 5.91 Å². The number of carbonyl (C=O) groups is 2. The average Bonchev–Trinajstić information content (AvgIpc) is 2.63. The van der Waals surface area contributed by atoms with Gasteiger partial charge in [0.05, 0.1) is 36.8 Å². The van der Waals surface area contributed by atoms with Crippen molar-refractivity contribution >= 4 is 23.1 Å². The second-order valence-electron chi connectivity index (χ2n) is 5.63. The minimum Gasteiger partial charge on any atom is -0.501 e. The van der Waals surface area contributed by atoms with E-state index in [1.54, 1.807) is 30.3 Å². The van der Waals surface area contributed by atoms with Gasteiger partial charge in [-0.05, 0) is 43.7 Å². The quantitative estimate of drug-likeness (QED) is 0.486. The number of hydrogen-bond acceptors (Lipinski definition) is 4. The van der Waals surface area contributed by atoms with Crippen LogP contribution in [0.1, 0.15) is 28.4 Å². The second-order valence-corrected chi connectivity index (χ2v) is 5.63. The molecule has 0 N–H and O–H groups in total. The summed E-state index contributed by atoms with van der Waals surface area (Å²) in [6.45, 7) is 4.13. The van der Waals surface area contributed by atoms with Gasteiger partial charge in [-0.1, -0.05) is 18.2 Å². The molecule has 5 heteroatoms. The highest BCUT2D eigenvalue weighted by Crippen LogP contribution is 2.35. The predicted molar refractivity (Wildman–Crippen MR) is 95.6 cm³/mol. The van der Waals surface area contributed by atoms with Crippen molar-refractivity contribution in [3.8, 4) is 5.75 Å². The third-order valence-corrected chi connectivity index (χ3v) is 4.11. The minimum absolute atomic E-state index is 0.349. The van der Waals surface area contributed by atoms with Gasteiger partial charge in [-0.2, -0.15) is 0 Å². The summed E-state index contributed by atoms with van der Waals surface area (Å²) in [5.74, 6) is -0.214. The molecule has 0 aliphatic carbocycles. The van der Waals surface area contributed by atoms with E-state index in [1.807, 2.05) is 26.0 Å². The Bertz CT molecular complexity index is 870. The van der Waals surface area contributed by atoms with Crippen LogP contribution in [0, 0.1) is 6.92 Å². The van der Waals surface area contributed by atoms with E-state index in [9.17, 15) is 9.59 Å². The van der Waals surface area contributed by atoms with Crippen LogP contribution in [-0.4, -0.2) is 25.5 Å². The van der Waals surface area contributed by atoms with E-state index >= 15 is 0 Å². The van der Waals surface area contributed by atoms with Crippen molar-refractivity contribution in [2.24, 2.45) is 0 Å². The number of para-hydroxylation sites is 1. The van der Waals surface area contributed by atoms with Crippen LogP contribution < -0.4 is 9.64 Å². The molecule has 0 radical (unpaired) electrons. The van der Waals surface area contributed by atoms with E-state index < -0.39 is 5.91 Å². The number of fused-ring (bicyclic) bond motifs is 1. The van der Waals surface area contributed by atoms with Crippen LogP contribution in [0.4, 0.5) is 5.69 Å². The van der Waals surface area contributed by atoms with Crippen molar-refractivity contribution in [3.05, 3.63) is 65.4 Å². The van der Waals surface area contributed by atoms with Gasteiger partial charge in [0.2, 0.25) is 0 Å². The normalized spacial score (nSPS) is 15.3. The highest BCUT2D eigenvalue weighted by atomic mass is 16.5. The zero-order valence-electron chi connectivity index (χ0n) is 14.4. The molecule has 0 bridgehead atoms. The molecule has 25 heavy (non-hydrogen) atoms. The number of aryl methyl sites for hydroxylation is 1. The fourth-order valence-electron chi connectivity index (χ4n) is 2.82. The summed E-state index contributed by atoms with van der Waals surface area (Å²) in [5.41, 5.74) is 2.71. The first-order chi connectivity index (χ1) is 12.1. The summed E-state index contributed by atoms with van der Waals surface area (Å²) in [6, 6.07) is 12.4. The molecule has 1 aliphatic rings. The highest BCUT2D eigenvalue weighted by molar-refractivity contribution is 6.41. The molecule has 2 aromatic carbocycles. The number of ether oxygens (including phenoxy) is 2. The molecule has 0 saturated carbocycles. The Kier molecular flexibility index (Phi) is 4.57. The molecular formula is C20H19NO4. The second kappa shape index (κ2) is 6.81. The fraction of sp³-hybridized carbons (Fsp3) is 0.200. The monoisotopic (exact) mass is 337 g/mol. The molecule has 2 amide bonds. The van der Waals surface area contributed by atoms with Gasteiger partial charge in [0.25, 0.3) is 11.8 Å². The Morgan fingerprint density at radius 1 is 1.04 bits per heavy atom. The molecule has 0 saturated heterocycles. The maximum absolute atomic E-state index is 13.0. The topological polar surface area (TPSA) is 55.8 Å². The van der Waals surface area contributed by atoms with Crippen LogP contribution in [-0.2, 0) is 9.53 Å². The number of methoxy groups -OCH3 is 1. The number of rotatable bonds is 4. The lowest BCUT2D eigenvalue weighted by Crippen LogP contribution is -2.42. The van der Waals surface area contributed by atoms with Crippen LogP contribution in [0.2, 0.25) is 0 Å². The molecule has 2 aromatic rings. The van der Waals surface area contributed by atoms with Gasteiger partial charge in [0.1, 0.15) is 5.75 Å². The number of nitrogens with zero attached hydrogens (tertiary/aromatic N) is 1. The van der Waals surface area contributed by atoms with Gasteiger partial charge in [0.15, 0.2) is 0 Å². The summed E-state index contributed by atoms with van der Waals surface area (Å²) in [7, 11) is 1.54. The molecule has 128 valence electrons. The van der Waals surface area contributed by atoms with E-state index in [0.29, 0.717) is 34.7 Å². The van der Waals surface area contributed by atoms with Gasteiger partial charge in [-0.3, -0.25) is 9.59 Å². The van der Waals surface area contributed by atoms with Crippen molar-refractivity contribution in [2.75, 3.05) is 18.6 Å². The van der Waals surface area contributed by atoms with Crippen molar-refractivity contribution in [1.29, 1.82) is 0 Å². The molecule has 3 rings (SSSR count). The molecule has 0 atom stereocenters. The Balaban J connectivity index is 2.21.